The van der Waals surface area contributed by atoms with Gasteiger partial charge in [0.25, 0.3) is 0 Å². The molecule has 0 aromatic carbocycles. The first-order chi connectivity index (χ1) is 9.39. The number of piperidine rings is 1. The fourth-order valence-electron chi connectivity index (χ4n) is 3.19. The molecule has 3 fully saturated rings. The second-order valence-electron chi connectivity index (χ2n) is 5.91. The van der Waals surface area contributed by atoms with Crippen LogP contribution in [0.4, 0.5) is 0 Å². The number of rotatable bonds is 2. The van der Waals surface area contributed by atoms with Gasteiger partial charge in [0.05, 0.1) is 6.10 Å². The Balaban J connectivity index is 1.75. The van der Waals surface area contributed by atoms with Gasteiger partial charge in [-0.05, 0) is 13.8 Å². The van der Waals surface area contributed by atoms with Crippen molar-refractivity contribution in [2.24, 2.45) is 5.92 Å². The van der Waals surface area contributed by atoms with Gasteiger partial charge < -0.3 is 18.9 Å². The third-order valence-electron chi connectivity index (χ3n) is 3.94. The molecule has 0 aromatic heterocycles. The lowest BCUT2D eigenvalue weighted by Gasteiger charge is -2.31. The highest BCUT2D eigenvalue weighted by molar-refractivity contribution is 5.97. The van der Waals surface area contributed by atoms with E-state index in [-0.39, 0.29) is 48.9 Å². The number of imide groups is 1. The highest BCUT2D eigenvalue weighted by Gasteiger charge is 2.57. The van der Waals surface area contributed by atoms with Crippen LogP contribution in [0.25, 0.3) is 0 Å². The molecule has 0 saturated carbocycles. The van der Waals surface area contributed by atoms with E-state index < -0.39 is 12.1 Å². The highest BCUT2D eigenvalue weighted by Crippen LogP contribution is 2.42. The van der Waals surface area contributed by atoms with Crippen molar-refractivity contribution >= 4 is 11.8 Å². The topological polar surface area (TPSA) is 83.1 Å². The summed E-state index contributed by atoms with van der Waals surface area (Å²) in [6.45, 7) is 3.63. The van der Waals surface area contributed by atoms with Crippen LogP contribution in [0.15, 0.2) is 0 Å². The van der Waals surface area contributed by atoms with Crippen molar-refractivity contribution in [3.8, 4) is 0 Å². The summed E-state index contributed by atoms with van der Waals surface area (Å²) in [5.41, 5.74) is 0. The van der Waals surface area contributed by atoms with Gasteiger partial charge in [-0.25, -0.2) is 0 Å². The van der Waals surface area contributed by atoms with E-state index in [9.17, 15) is 9.59 Å². The molecule has 1 N–H and O–H groups in total. The molecule has 2 amide bonds. The fourth-order valence-corrected chi connectivity index (χ4v) is 3.19. The lowest BCUT2D eigenvalue weighted by atomic mass is 9.88. The number of amides is 2. The predicted molar refractivity (Wildman–Crippen MR) is 65.4 cm³/mol. The zero-order valence-electron chi connectivity index (χ0n) is 11.8. The van der Waals surface area contributed by atoms with Crippen LogP contribution < -0.4 is 5.32 Å². The molecule has 3 rings (SSSR count). The van der Waals surface area contributed by atoms with E-state index in [1.54, 1.807) is 7.11 Å². The summed E-state index contributed by atoms with van der Waals surface area (Å²) in [5, 5.41) is 2.29. The third kappa shape index (κ3) is 2.35. The Morgan fingerprint density at radius 1 is 1.15 bits per heavy atom. The van der Waals surface area contributed by atoms with E-state index in [1.165, 1.54) is 0 Å². The molecule has 112 valence electrons. The summed E-state index contributed by atoms with van der Waals surface area (Å²) >= 11 is 0. The van der Waals surface area contributed by atoms with Gasteiger partial charge >= 0.3 is 0 Å². The molecule has 3 heterocycles. The van der Waals surface area contributed by atoms with Crippen LogP contribution >= 0.6 is 0 Å². The number of fused-ring (bicyclic) bond motifs is 1. The largest absolute Gasteiger partial charge is 0.376 e. The van der Waals surface area contributed by atoms with Gasteiger partial charge in [0.2, 0.25) is 11.8 Å². The number of hydrogen-bond acceptors (Lipinski definition) is 6. The monoisotopic (exact) mass is 285 g/mol. The number of nitrogens with one attached hydrogen (secondary N) is 1. The fraction of sp³-hybridized carbons (Fsp3) is 0.846. The molecule has 3 aliphatic rings. The molecule has 4 atom stereocenters. The molecule has 3 aliphatic heterocycles. The Bertz CT molecular complexity index is 421. The molecule has 7 heteroatoms. The second kappa shape index (κ2) is 4.77. The summed E-state index contributed by atoms with van der Waals surface area (Å²) in [4.78, 5) is 23.0. The molecule has 7 nitrogen and oxygen atoms in total. The van der Waals surface area contributed by atoms with Gasteiger partial charge in [0.1, 0.15) is 12.2 Å². The summed E-state index contributed by atoms with van der Waals surface area (Å²) < 4.78 is 22.8. The summed E-state index contributed by atoms with van der Waals surface area (Å²) in [6, 6.07) is 0. The van der Waals surface area contributed by atoms with Crippen LogP contribution in [0.2, 0.25) is 0 Å². The minimum Gasteiger partial charge on any atom is -0.376 e. The number of methoxy groups -OCH3 is 1. The van der Waals surface area contributed by atoms with Crippen LogP contribution in [0, 0.1) is 5.92 Å². The summed E-state index contributed by atoms with van der Waals surface area (Å²) in [5.74, 6) is -1.47. The van der Waals surface area contributed by atoms with E-state index >= 15 is 0 Å². The minimum atomic E-state index is -0.711. The van der Waals surface area contributed by atoms with Crippen LogP contribution in [0.5, 0.6) is 0 Å². The Morgan fingerprint density at radius 2 is 1.80 bits per heavy atom. The standard InChI is InChI=1S/C13H19NO6/c1-13(2)19-11-10(17-3)9(18-12(11)20-13)6-4-7(15)14-8(16)5-6/h6,9-12H,4-5H2,1-3H3,(H,14,15,16)/t9-,10+,11-,12+/m0/s1. The van der Waals surface area contributed by atoms with Gasteiger partial charge in [-0.3, -0.25) is 14.9 Å². The van der Waals surface area contributed by atoms with Crippen molar-refractivity contribution in [1.29, 1.82) is 0 Å². The van der Waals surface area contributed by atoms with Crippen molar-refractivity contribution in [3.63, 3.8) is 0 Å². The number of carbonyl (C=O) groups excluding carboxylic acids is 2. The quantitative estimate of drug-likeness (QED) is 0.715. The molecular weight excluding hydrogens is 266 g/mol. The lowest BCUT2D eigenvalue weighted by Crippen LogP contribution is -2.47. The molecule has 0 bridgehead atoms. The number of ether oxygens (including phenoxy) is 4. The number of hydrogen-bond donors (Lipinski definition) is 1. The maximum absolute atomic E-state index is 11.5. The highest BCUT2D eigenvalue weighted by atomic mass is 16.8. The van der Waals surface area contributed by atoms with Gasteiger partial charge in [0, 0.05) is 25.9 Å². The van der Waals surface area contributed by atoms with Gasteiger partial charge in [0.15, 0.2) is 12.1 Å². The molecule has 0 spiro atoms. The van der Waals surface area contributed by atoms with Crippen molar-refractivity contribution in [2.45, 2.75) is 57.1 Å². The molecule has 20 heavy (non-hydrogen) atoms. The molecule has 0 radical (unpaired) electrons. The van der Waals surface area contributed by atoms with E-state index in [0.717, 1.165) is 0 Å². The molecule has 0 aliphatic carbocycles. The molecule has 0 aromatic rings. The van der Waals surface area contributed by atoms with Gasteiger partial charge in [-0.1, -0.05) is 0 Å². The Hall–Kier alpha value is -1.02. The van der Waals surface area contributed by atoms with Gasteiger partial charge in [-0.2, -0.15) is 0 Å². The third-order valence-corrected chi connectivity index (χ3v) is 3.94. The number of carbonyl (C=O) groups is 2. The van der Waals surface area contributed by atoms with Crippen molar-refractivity contribution in [3.05, 3.63) is 0 Å². The SMILES string of the molecule is CO[C@H]1[C@@H]2OC(C)(C)O[C@H]2O[C@H]1C1CC(=O)NC(=O)C1. The van der Waals surface area contributed by atoms with E-state index in [1.807, 2.05) is 13.8 Å². The van der Waals surface area contributed by atoms with Crippen LogP contribution in [0.1, 0.15) is 26.7 Å². The molecule has 0 unspecified atom stereocenters. The van der Waals surface area contributed by atoms with Crippen LogP contribution in [-0.4, -0.2) is 49.3 Å². The average molecular weight is 285 g/mol. The Labute approximate surface area is 116 Å². The van der Waals surface area contributed by atoms with E-state index in [2.05, 4.69) is 5.32 Å². The van der Waals surface area contributed by atoms with E-state index in [4.69, 9.17) is 18.9 Å². The Morgan fingerprint density at radius 3 is 2.40 bits per heavy atom. The summed E-state index contributed by atoms with van der Waals surface area (Å²) in [6.07, 6.45) is -1.07. The molecule has 3 saturated heterocycles. The average Bonchev–Trinajstić information content (AvgIpc) is 2.79. The first-order valence-corrected chi connectivity index (χ1v) is 6.76. The van der Waals surface area contributed by atoms with Crippen LogP contribution in [-0.2, 0) is 28.5 Å². The maximum atomic E-state index is 11.5. The zero-order chi connectivity index (χ0) is 14.5. The van der Waals surface area contributed by atoms with Crippen LogP contribution in [0.3, 0.4) is 0 Å². The first kappa shape index (κ1) is 13.9. The maximum Gasteiger partial charge on any atom is 0.226 e. The minimum absolute atomic E-state index is 0.206. The predicted octanol–water partition coefficient (Wildman–Crippen LogP) is -0.0694. The van der Waals surface area contributed by atoms with Gasteiger partial charge in [-0.15, -0.1) is 0 Å². The first-order valence-electron chi connectivity index (χ1n) is 6.76. The van der Waals surface area contributed by atoms with Crippen molar-refractivity contribution < 1.29 is 28.5 Å². The van der Waals surface area contributed by atoms with E-state index in [0.29, 0.717) is 0 Å². The Kier molecular flexibility index (Phi) is 3.32. The second-order valence-corrected chi connectivity index (χ2v) is 5.91. The smallest absolute Gasteiger partial charge is 0.226 e. The zero-order valence-corrected chi connectivity index (χ0v) is 11.8. The normalized spacial score (nSPS) is 40.8. The lowest BCUT2D eigenvalue weighted by molar-refractivity contribution is -0.223. The van der Waals surface area contributed by atoms with Crippen molar-refractivity contribution in [1.82, 2.24) is 5.32 Å². The van der Waals surface area contributed by atoms with Crippen molar-refractivity contribution in [2.75, 3.05) is 7.11 Å². The molecular formula is C13H19NO6. The summed E-state index contributed by atoms with van der Waals surface area (Å²) in [7, 11) is 1.57.